The fraction of sp³-hybridized carbons (Fsp3) is 0.214. The Bertz CT molecular complexity index is 1260. The molecule has 1 amide bonds. The first-order valence-electron chi connectivity index (χ1n) is 11.3. The Labute approximate surface area is 199 Å². The van der Waals surface area contributed by atoms with Crippen LogP contribution in [-0.2, 0) is 35.6 Å². The first kappa shape index (κ1) is 23.1. The van der Waals surface area contributed by atoms with E-state index in [4.69, 9.17) is 9.84 Å². The second-order valence-corrected chi connectivity index (χ2v) is 8.34. The van der Waals surface area contributed by atoms with E-state index in [1.165, 1.54) is 11.1 Å². The summed E-state index contributed by atoms with van der Waals surface area (Å²) in [6.45, 7) is 1.53. The van der Waals surface area contributed by atoms with Crippen LogP contribution in [0.1, 0.15) is 16.8 Å². The molecule has 3 aromatic carbocycles. The van der Waals surface area contributed by atoms with E-state index in [0.29, 0.717) is 12.2 Å². The van der Waals surface area contributed by atoms with Crippen molar-refractivity contribution in [2.75, 3.05) is 13.6 Å². The van der Waals surface area contributed by atoms with Crippen molar-refractivity contribution in [3.8, 4) is 5.75 Å². The minimum atomic E-state index is -0.904. The van der Waals surface area contributed by atoms with Crippen LogP contribution in [0.25, 0.3) is 10.9 Å². The number of likely N-dealkylation sites (N-methyl/N-ethyl adjacent to an activating group) is 1. The lowest BCUT2D eigenvalue weighted by Gasteiger charge is -2.19. The van der Waals surface area contributed by atoms with Gasteiger partial charge < -0.3 is 19.3 Å². The normalized spacial score (nSPS) is 11.4. The van der Waals surface area contributed by atoms with Crippen LogP contribution in [0.2, 0.25) is 0 Å². The molecule has 0 spiro atoms. The lowest BCUT2D eigenvalue weighted by Crippen LogP contribution is -2.32. The van der Waals surface area contributed by atoms with E-state index in [1.54, 1.807) is 11.9 Å². The van der Waals surface area contributed by atoms with Gasteiger partial charge in [0.15, 0.2) is 0 Å². The zero-order chi connectivity index (χ0) is 23.9. The maximum atomic E-state index is 12.7. The number of rotatable bonds is 7. The van der Waals surface area contributed by atoms with E-state index in [-0.39, 0.29) is 18.9 Å². The topological polar surface area (TPSA) is 71.8 Å². The number of hydrogen-bond donors (Lipinski definition) is 1. The molecule has 2 bridgehead atoms. The van der Waals surface area contributed by atoms with Crippen LogP contribution >= 0.6 is 0 Å². The van der Waals surface area contributed by atoms with Crippen LogP contribution in [0.15, 0.2) is 84.9 Å². The summed E-state index contributed by atoms with van der Waals surface area (Å²) in [7, 11) is 1.79. The van der Waals surface area contributed by atoms with Gasteiger partial charge in [-0.2, -0.15) is 0 Å². The van der Waals surface area contributed by atoms with E-state index >= 15 is 0 Å². The van der Waals surface area contributed by atoms with Crippen LogP contribution in [0.3, 0.4) is 0 Å². The van der Waals surface area contributed by atoms with Gasteiger partial charge in [-0.3, -0.25) is 9.59 Å². The molecule has 1 aliphatic heterocycles. The molecule has 1 aliphatic rings. The summed E-state index contributed by atoms with van der Waals surface area (Å²) in [5.41, 5.74) is 3.99. The van der Waals surface area contributed by atoms with Crippen molar-refractivity contribution in [1.29, 1.82) is 0 Å². The smallest absolute Gasteiger partial charge is 0.309 e. The fourth-order valence-electron chi connectivity index (χ4n) is 3.97. The van der Waals surface area contributed by atoms with E-state index in [9.17, 15) is 9.59 Å². The molecule has 6 heteroatoms. The van der Waals surface area contributed by atoms with Gasteiger partial charge in [-0.25, -0.2) is 0 Å². The number of carboxylic acids is 1. The number of carboxylic acid groups (broad SMARTS) is 1. The zero-order valence-corrected chi connectivity index (χ0v) is 19.2. The summed E-state index contributed by atoms with van der Waals surface area (Å²) >= 11 is 0. The SMILES string of the molecule is CN(CCc1ccccc1)C(=O)Cn1c(CC(=O)O)cc2ccccc21.c1cc2cc(c1)OC2. The largest absolute Gasteiger partial charge is 0.489 e. The molecule has 6 nitrogen and oxygen atoms in total. The summed E-state index contributed by atoms with van der Waals surface area (Å²) in [5, 5.41) is 10.1. The quantitative estimate of drug-likeness (QED) is 0.443. The molecule has 4 aromatic rings. The maximum absolute atomic E-state index is 12.7. The average Bonchev–Trinajstić information content (AvgIpc) is 3.36. The zero-order valence-electron chi connectivity index (χ0n) is 19.2. The van der Waals surface area contributed by atoms with Crippen LogP contribution in [0.5, 0.6) is 5.75 Å². The third kappa shape index (κ3) is 5.84. The van der Waals surface area contributed by atoms with Crippen LogP contribution in [0.4, 0.5) is 0 Å². The Kier molecular flexibility index (Phi) is 7.28. The summed E-state index contributed by atoms with van der Waals surface area (Å²) in [6.07, 6.45) is 0.688. The van der Waals surface area contributed by atoms with Gasteiger partial charge in [0, 0.05) is 24.8 Å². The van der Waals surface area contributed by atoms with E-state index in [0.717, 1.165) is 29.7 Å². The number of hydrogen-bond acceptors (Lipinski definition) is 3. The van der Waals surface area contributed by atoms with Crippen molar-refractivity contribution in [3.63, 3.8) is 0 Å². The number of fused-ring (bicyclic) bond motifs is 3. The summed E-state index contributed by atoms with van der Waals surface area (Å²) in [6, 6.07) is 27.6. The lowest BCUT2D eigenvalue weighted by atomic mass is 10.1. The Morgan fingerprint density at radius 1 is 0.971 bits per heavy atom. The fourth-order valence-corrected chi connectivity index (χ4v) is 3.97. The number of aromatic nitrogens is 1. The highest BCUT2D eigenvalue weighted by molar-refractivity contribution is 5.85. The molecule has 2 heterocycles. The molecule has 34 heavy (non-hydrogen) atoms. The minimum absolute atomic E-state index is 0.0334. The van der Waals surface area contributed by atoms with Gasteiger partial charge in [0.1, 0.15) is 18.9 Å². The molecule has 0 radical (unpaired) electrons. The number of para-hydroxylation sites is 1. The number of aliphatic carboxylic acids is 1. The van der Waals surface area contributed by atoms with Gasteiger partial charge >= 0.3 is 5.97 Å². The van der Waals surface area contributed by atoms with Crippen LogP contribution in [-0.4, -0.2) is 40.0 Å². The predicted octanol–water partition coefficient (Wildman–Crippen LogP) is 4.55. The highest BCUT2D eigenvalue weighted by Gasteiger charge is 2.16. The van der Waals surface area contributed by atoms with E-state index in [1.807, 2.05) is 77.4 Å². The van der Waals surface area contributed by atoms with Crippen molar-refractivity contribution in [1.82, 2.24) is 9.47 Å². The second kappa shape index (κ2) is 10.7. The molecule has 174 valence electrons. The number of amides is 1. The molecule has 0 aliphatic carbocycles. The summed E-state index contributed by atoms with van der Waals surface area (Å²) in [5.74, 6) is 0.0651. The van der Waals surface area contributed by atoms with Crippen LogP contribution in [0, 0.1) is 0 Å². The molecule has 0 atom stereocenters. The van der Waals surface area contributed by atoms with Gasteiger partial charge in [-0.05, 0) is 47.2 Å². The molecule has 0 fully saturated rings. The van der Waals surface area contributed by atoms with Gasteiger partial charge in [-0.15, -0.1) is 0 Å². The van der Waals surface area contributed by atoms with Crippen molar-refractivity contribution >= 4 is 22.8 Å². The highest BCUT2D eigenvalue weighted by atomic mass is 16.5. The first-order chi connectivity index (χ1) is 16.5. The first-order valence-corrected chi connectivity index (χ1v) is 11.3. The minimum Gasteiger partial charge on any atom is -0.489 e. The number of carbonyl (C=O) groups excluding carboxylic acids is 1. The summed E-state index contributed by atoms with van der Waals surface area (Å²) < 4.78 is 6.99. The molecule has 5 rings (SSSR count). The van der Waals surface area contributed by atoms with Gasteiger partial charge in [-0.1, -0.05) is 60.7 Å². The average molecular weight is 457 g/mol. The monoisotopic (exact) mass is 456 g/mol. The second-order valence-electron chi connectivity index (χ2n) is 8.34. The number of benzene rings is 3. The Morgan fingerprint density at radius 3 is 2.47 bits per heavy atom. The van der Waals surface area contributed by atoms with Crippen molar-refractivity contribution in [2.45, 2.75) is 26.0 Å². The standard InChI is InChI=1S/C21H22N2O3.C7H6O/c1-22(12-11-16-7-3-2-4-8-16)20(24)15-23-18(14-21(25)26)13-17-9-5-6-10-19(17)23;1-2-6-4-7(3-1)8-5-6/h2-10,13H,11-12,14-15H2,1H3,(H,25,26);1-4H,5H2. The number of ether oxygens (including phenoxy) is 1. The van der Waals surface area contributed by atoms with Gasteiger partial charge in [0.25, 0.3) is 0 Å². The number of nitrogens with zero attached hydrogens (tertiary/aromatic N) is 2. The van der Waals surface area contributed by atoms with E-state index < -0.39 is 5.97 Å². The van der Waals surface area contributed by atoms with Gasteiger partial charge in [0.05, 0.1) is 6.42 Å². The Balaban J connectivity index is 0.000000285. The third-order valence-corrected chi connectivity index (χ3v) is 5.83. The third-order valence-electron chi connectivity index (χ3n) is 5.83. The molecule has 0 saturated heterocycles. The molecular weight excluding hydrogens is 428 g/mol. The van der Waals surface area contributed by atoms with Crippen molar-refractivity contribution in [2.24, 2.45) is 0 Å². The van der Waals surface area contributed by atoms with Crippen molar-refractivity contribution in [3.05, 3.63) is 102 Å². The molecule has 0 unspecified atom stereocenters. The highest BCUT2D eigenvalue weighted by Crippen LogP contribution is 2.21. The Hall–Kier alpha value is -4.06. The molecular formula is C28H28N2O4. The maximum Gasteiger partial charge on any atom is 0.309 e. The van der Waals surface area contributed by atoms with Gasteiger partial charge in [0.2, 0.25) is 5.91 Å². The molecule has 0 saturated carbocycles. The molecule has 1 N–H and O–H groups in total. The number of carbonyl (C=O) groups is 2. The Morgan fingerprint density at radius 2 is 1.74 bits per heavy atom. The van der Waals surface area contributed by atoms with E-state index in [2.05, 4.69) is 12.1 Å². The molecule has 1 aromatic heterocycles. The van der Waals surface area contributed by atoms with Crippen molar-refractivity contribution < 1.29 is 19.4 Å². The predicted molar refractivity (Wildman–Crippen MR) is 132 cm³/mol. The lowest BCUT2D eigenvalue weighted by molar-refractivity contribution is -0.136. The van der Waals surface area contributed by atoms with Crippen LogP contribution < -0.4 is 4.74 Å². The summed E-state index contributed by atoms with van der Waals surface area (Å²) in [4.78, 5) is 25.5.